The number of nitrogens with zero attached hydrogens (tertiary/aromatic N) is 8. The summed E-state index contributed by atoms with van der Waals surface area (Å²) in [4.78, 5) is 15.7. The summed E-state index contributed by atoms with van der Waals surface area (Å²) >= 11 is 0. The van der Waals surface area contributed by atoms with Gasteiger partial charge in [-0.1, -0.05) is 12.1 Å². The van der Waals surface area contributed by atoms with Crippen LogP contribution in [-0.2, 0) is 29.5 Å². The van der Waals surface area contributed by atoms with Crippen LogP contribution in [0.5, 0.6) is 0 Å². The van der Waals surface area contributed by atoms with Crippen molar-refractivity contribution in [2.24, 2.45) is 5.41 Å². The minimum Gasteiger partial charge on any atom is -0.355 e. The number of piperazine rings is 1. The first-order valence-electron chi connectivity index (χ1n) is 16.8. The molecule has 4 aromatic rings. The number of aromatic nitrogens is 3. The highest BCUT2D eigenvalue weighted by Gasteiger charge is 2.45. The van der Waals surface area contributed by atoms with E-state index >= 15 is 0 Å². The molecule has 3 aliphatic heterocycles. The first-order valence-corrected chi connectivity index (χ1v) is 18.6. The summed E-state index contributed by atoms with van der Waals surface area (Å²) in [5, 5.41) is 11.7. The number of benzene rings is 2. The van der Waals surface area contributed by atoms with Crippen molar-refractivity contribution in [1.82, 2.24) is 28.6 Å². The van der Waals surface area contributed by atoms with Gasteiger partial charge in [-0.2, -0.15) is 22.7 Å². The predicted octanol–water partition coefficient (Wildman–Crippen LogP) is 4.63. The summed E-state index contributed by atoms with van der Waals surface area (Å²) in [6, 6.07) is 15.7. The zero-order valence-corrected chi connectivity index (χ0v) is 28.6. The minimum absolute atomic E-state index is 0.145. The smallest absolute Gasteiger partial charge is 0.355 e. The van der Waals surface area contributed by atoms with Gasteiger partial charge < -0.3 is 9.47 Å². The molecule has 260 valence electrons. The second-order valence-corrected chi connectivity index (χ2v) is 16.1. The van der Waals surface area contributed by atoms with Crippen molar-refractivity contribution >= 4 is 37.6 Å². The highest BCUT2D eigenvalue weighted by Crippen LogP contribution is 2.44. The molecule has 7 rings (SSSR count). The lowest BCUT2D eigenvalue weighted by molar-refractivity contribution is -0.127. The van der Waals surface area contributed by atoms with Crippen LogP contribution in [0.25, 0.3) is 21.8 Å². The third kappa shape index (κ3) is 7.12. The average Bonchev–Trinajstić information content (AvgIpc) is 3.39. The molecule has 1 atom stereocenters. The predicted molar refractivity (Wildman–Crippen MR) is 183 cm³/mol. The number of rotatable bonds is 8. The molecule has 14 heteroatoms. The second kappa shape index (κ2) is 12.8. The Kier molecular flexibility index (Phi) is 8.84. The summed E-state index contributed by atoms with van der Waals surface area (Å²) in [7, 11) is -3.19. The van der Waals surface area contributed by atoms with Gasteiger partial charge >= 0.3 is 6.18 Å². The molecule has 2 aromatic heterocycles. The Morgan fingerprint density at radius 2 is 1.67 bits per heavy atom. The Morgan fingerprint density at radius 1 is 0.959 bits per heavy atom. The van der Waals surface area contributed by atoms with Crippen LogP contribution in [0.3, 0.4) is 0 Å². The number of nitriles is 1. The van der Waals surface area contributed by atoms with Crippen LogP contribution in [0.1, 0.15) is 36.6 Å². The van der Waals surface area contributed by atoms with Gasteiger partial charge in [-0.25, -0.2) is 18.4 Å². The van der Waals surface area contributed by atoms with Crippen LogP contribution in [0.2, 0.25) is 0 Å². The molecule has 2 aromatic carbocycles. The molecule has 0 amide bonds. The van der Waals surface area contributed by atoms with E-state index in [4.69, 9.17) is 0 Å². The molecular formula is C35H41F3N8O2S. The maximum atomic E-state index is 13.0. The number of piperidine rings is 1. The Hall–Kier alpha value is -3.77. The van der Waals surface area contributed by atoms with E-state index < -0.39 is 22.6 Å². The van der Waals surface area contributed by atoms with Gasteiger partial charge in [0.2, 0.25) is 10.0 Å². The van der Waals surface area contributed by atoms with Crippen LogP contribution in [-0.4, -0.2) is 108 Å². The van der Waals surface area contributed by atoms with Gasteiger partial charge in [-0.05, 0) is 74.3 Å². The zero-order valence-electron chi connectivity index (χ0n) is 27.8. The van der Waals surface area contributed by atoms with E-state index in [-0.39, 0.29) is 17.0 Å². The van der Waals surface area contributed by atoms with Crippen molar-refractivity contribution < 1.29 is 21.6 Å². The van der Waals surface area contributed by atoms with Crippen LogP contribution < -0.4 is 4.90 Å². The Bertz CT molecular complexity index is 2000. The molecule has 3 aliphatic rings. The molecule has 0 saturated carbocycles. The largest absolute Gasteiger partial charge is 0.393 e. The first-order chi connectivity index (χ1) is 23.3. The summed E-state index contributed by atoms with van der Waals surface area (Å²) in [5.74, 6) is 0.711. The Labute approximate surface area is 284 Å². The van der Waals surface area contributed by atoms with E-state index in [1.165, 1.54) is 28.5 Å². The highest BCUT2D eigenvalue weighted by atomic mass is 32.2. The molecule has 49 heavy (non-hydrogen) atoms. The maximum absolute atomic E-state index is 13.0. The van der Waals surface area contributed by atoms with Crippen LogP contribution >= 0.6 is 0 Å². The molecule has 0 aliphatic carbocycles. The molecule has 5 heterocycles. The van der Waals surface area contributed by atoms with Crippen LogP contribution in [0.4, 0.5) is 19.0 Å². The number of anilines is 1. The number of sulfonamides is 1. The van der Waals surface area contributed by atoms with Gasteiger partial charge in [0.15, 0.2) is 0 Å². The summed E-state index contributed by atoms with van der Waals surface area (Å²) in [6.45, 7) is 9.47. The van der Waals surface area contributed by atoms with Crippen LogP contribution in [0.15, 0.2) is 48.8 Å². The molecule has 0 N–H and O–H groups in total. The molecule has 10 nitrogen and oxygen atoms in total. The lowest BCUT2D eigenvalue weighted by Crippen LogP contribution is -2.60. The SMILES string of the molecule is CC(Cn1c(C#N)cc2cc(CN3CCC4(CC3)CN(c3ncnc5ccc(CC(F)(F)F)cc35)C4)ccc21)N1CCN(S(C)(=O)=O)CC1. The minimum atomic E-state index is -4.27. The Balaban J connectivity index is 0.959. The van der Waals surface area contributed by atoms with E-state index in [2.05, 4.69) is 60.4 Å². The Morgan fingerprint density at radius 3 is 2.35 bits per heavy atom. The zero-order chi connectivity index (χ0) is 34.6. The van der Waals surface area contributed by atoms with Gasteiger partial charge in [0.1, 0.15) is 23.9 Å². The van der Waals surface area contributed by atoms with E-state index in [0.717, 1.165) is 56.5 Å². The highest BCUT2D eigenvalue weighted by molar-refractivity contribution is 7.88. The van der Waals surface area contributed by atoms with E-state index in [9.17, 15) is 26.9 Å². The van der Waals surface area contributed by atoms with E-state index in [1.54, 1.807) is 12.1 Å². The normalized spacial score (nSPS) is 20.1. The van der Waals surface area contributed by atoms with Gasteiger partial charge in [0.25, 0.3) is 0 Å². The standard InChI is InChI=1S/C35H41F3N8O2S/c1-25(43-11-13-45(14-12-43)49(2,47)48)20-46-29(19-39)17-28-15-27(4-6-32(28)46)21-42-9-7-34(8-10-42)22-44(23-34)33-30-16-26(18-35(36,37)38)3-5-31(30)40-24-41-33/h3-6,15-17,24-25H,7-14,18,20-23H2,1-2H3. The van der Waals surface area contributed by atoms with E-state index in [0.29, 0.717) is 55.1 Å². The number of halogens is 3. The van der Waals surface area contributed by atoms with Crippen molar-refractivity contribution in [3.63, 3.8) is 0 Å². The molecule has 0 radical (unpaired) electrons. The number of fused-ring (bicyclic) bond motifs is 2. The van der Waals surface area contributed by atoms with Crippen molar-refractivity contribution in [2.45, 2.75) is 51.5 Å². The molecule has 3 fully saturated rings. The molecule has 0 bridgehead atoms. The second-order valence-electron chi connectivity index (χ2n) is 14.2. The van der Waals surface area contributed by atoms with Crippen molar-refractivity contribution in [1.29, 1.82) is 5.26 Å². The molecular weight excluding hydrogens is 654 g/mol. The monoisotopic (exact) mass is 694 g/mol. The topological polar surface area (TPSA) is 102 Å². The third-order valence-corrected chi connectivity index (χ3v) is 12.0. The number of alkyl halides is 3. The lowest BCUT2D eigenvalue weighted by atomic mass is 9.72. The van der Waals surface area contributed by atoms with Gasteiger partial charge in [0.05, 0.1) is 18.2 Å². The van der Waals surface area contributed by atoms with Crippen LogP contribution in [0, 0.1) is 16.7 Å². The van der Waals surface area contributed by atoms with Crippen molar-refractivity contribution in [3.8, 4) is 6.07 Å². The summed E-state index contributed by atoms with van der Waals surface area (Å²) in [5.41, 5.74) is 3.89. The van der Waals surface area contributed by atoms with Crippen molar-refractivity contribution in [3.05, 3.63) is 65.6 Å². The fraction of sp³-hybridized carbons (Fsp3) is 0.514. The number of hydrogen-bond acceptors (Lipinski definition) is 8. The average molecular weight is 695 g/mol. The first kappa shape index (κ1) is 33.7. The van der Waals surface area contributed by atoms with E-state index in [1.807, 2.05) is 6.07 Å². The lowest BCUT2D eigenvalue weighted by Gasteiger charge is -2.54. The summed E-state index contributed by atoms with van der Waals surface area (Å²) in [6.07, 6.45) is -0.411. The fourth-order valence-electron chi connectivity index (χ4n) is 7.92. The third-order valence-electron chi connectivity index (χ3n) is 10.7. The molecule has 1 unspecified atom stereocenters. The van der Waals surface area contributed by atoms with Crippen molar-refractivity contribution in [2.75, 3.05) is 63.5 Å². The molecule has 3 saturated heterocycles. The van der Waals surface area contributed by atoms with Gasteiger partial charge in [-0.3, -0.25) is 9.80 Å². The molecule has 1 spiro atoms. The van der Waals surface area contributed by atoms with Gasteiger partial charge in [-0.15, -0.1) is 0 Å². The van der Waals surface area contributed by atoms with Gasteiger partial charge in [0, 0.05) is 80.1 Å². The number of likely N-dealkylation sites (tertiary alicyclic amines) is 1. The quantitative estimate of drug-likeness (QED) is 0.263. The summed E-state index contributed by atoms with van der Waals surface area (Å²) < 4.78 is 66.6. The fourth-order valence-corrected chi connectivity index (χ4v) is 8.75. The maximum Gasteiger partial charge on any atom is 0.393 e. The number of hydrogen-bond donors (Lipinski definition) is 0.